The molecule has 5 heteroatoms. The summed E-state index contributed by atoms with van der Waals surface area (Å²) in [7, 11) is 0. The van der Waals surface area contributed by atoms with Crippen LogP contribution in [-0.2, 0) is 0 Å². The van der Waals surface area contributed by atoms with Gasteiger partial charge in [-0.05, 0) is 18.6 Å². The van der Waals surface area contributed by atoms with Gasteiger partial charge in [-0.25, -0.2) is 13.8 Å². The molecule has 0 aliphatic rings. The zero-order valence-corrected chi connectivity index (χ0v) is 7.68. The summed E-state index contributed by atoms with van der Waals surface area (Å²) in [5.41, 5.74) is 0.695. The monoisotopic (exact) mass is 207 g/mol. The molecule has 1 aromatic heterocycles. The summed E-state index contributed by atoms with van der Waals surface area (Å²) < 4.78 is 28.3. The van der Waals surface area contributed by atoms with Gasteiger partial charge in [0.25, 0.3) is 6.43 Å². The molecule has 0 spiro atoms. The molecule has 0 amide bonds. The number of ether oxygens (including phenoxy) is 1. The van der Waals surface area contributed by atoms with Crippen molar-refractivity contribution in [2.24, 2.45) is 0 Å². The van der Waals surface area contributed by atoms with Gasteiger partial charge in [0.2, 0.25) is 0 Å². The van der Waals surface area contributed by atoms with Crippen molar-refractivity contribution in [3.8, 4) is 5.75 Å². The van der Waals surface area contributed by atoms with Crippen molar-refractivity contribution < 1.29 is 13.5 Å². The topological polar surface area (TPSA) is 22.1 Å². The van der Waals surface area contributed by atoms with Crippen molar-refractivity contribution in [3.63, 3.8) is 0 Å². The Labute approximate surface area is 79.5 Å². The van der Waals surface area contributed by atoms with Crippen LogP contribution in [0, 0.1) is 6.92 Å². The van der Waals surface area contributed by atoms with Gasteiger partial charge < -0.3 is 4.74 Å². The minimum absolute atomic E-state index is 0.321. The van der Waals surface area contributed by atoms with Crippen LogP contribution in [0.1, 0.15) is 5.56 Å². The molecule has 0 atom stereocenters. The molecule has 0 aliphatic carbocycles. The van der Waals surface area contributed by atoms with E-state index in [0.29, 0.717) is 16.5 Å². The summed E-state index contributed by atoms with van der Waals surface area (Å²) in [4.78, 5) is 3.71. The Morgan fingerprint density at radius 2 is 2.31 bits per heavy atom. The lowest BCUT2D eigenvalue weighted by molar-refractivity contribution is 0.0814. The minimum Gasteiger partial charge on any atom is -0.486 e. The molecule has 1 rings (SSSR count). The highest BCUT2D eigenvalue weighted by atomic mass is 35.5. The fourth-order valence-electron chi connectivity index (χ4n) is 0.813. The summed E-state index contributed by atoms with van der Waals surface area (Å²) in [6, 6.07) is 1.56. The zero-order valence-electron chi connectivity index (χ0n) is 6.93. The van der Waals surface area contributed by atoms with Gasteiger partial charge in [-0.2, -0.15) is 0 Å². The first-order valence-corrected chi connectivity index (χ1v) is 4.00. The predicted molar refractivity (Wildman–Crippen MR) is 45.5 cm³/mol. The number of alkyl halides is 2. The highest BCUT2D eigenvalue weighted by molar-refractivity contribution is 6.29. The lowest BCUT2D eigenvalue weighted by atomic mass is 10.3. The SMILES string of the molecule is Cc1cc(Cl)ncc1OCC(F)F. The maximum absolute atomic E-state index is 11.8. The van der Waals surface area contributed by atoms with Gasteiger partial charge in [-0.15, -0.1) is 0 Å². The van der Waals surface area contributed by atoms with Gasteiger partial charge in [0.05, 0.1) is 6.20 Å². The zero-order chi connectivity index (χ0) is 9.84. The molecule has 0 unspecified atom stereocenters. The van der Waals surface area contributed by atoms with E-state index in [1.54, 1.807) is 13.0 Å². The third-order valence-corrected chi connectivity index (χ3v) is 1.60. The van der Waals surface area contributed by atoms with Crippen LogP contribution in [0.25, 0.3) is 0 Å². The number of aryl methyl sites for hydroxylation is 1. The molecule has 0 saturated heterocycles. The quantitative estimate of drug-likeness (QED) is 0.711. The highest BCUT2D eigenvalue weighted by Crippen LogP contribution is 2.19. The summed E-state index contributed by atoms with van der Waals surface area (Å²) in [5, 5.41) is 0.321. The molecular weight excluding hydrogens is 200 g/mol. The molecule has 0 radical (unpaired) electrons. The second-order valence-corrected chi connectivity index (χ2v) is 2.86. The third kappa shape index (κ3) is 3.14. The van der Waals surface area contributed by atoms with Crippen LogP contribution >= 0.6 is 11.6 Å². The fourth-order valence-corrected chi connectivity index (χ4v) is 1.03. The van der Waals surface area contributed by atoms with Crippen LogP contribution in [-0.4, -0.2) is 18.0 Å². The van der Waals surface area contributed by atoms with E-state index in [9.17, 15) is 8.78 Å². The number of halogens is 3. The maximum Gasteiger partial charge on any atom is 0.272 e. The second-order valence-electron chi connectivity index (χ2n) is 2.47. The van der Waals surface area contributed by atoms with Gasteiger partial charge in [-0.1, -0.05) is 11.6 Å². The van der Waals surface area contributed by atoms with Gasteiger partial charge in [0.15, 0.2) is 0 Å². The van der Waals surface area contributed by atoms with Crippen LogP contribution in [0.3, 0.4) is 0 Å². The number of hydrogen-bond acceptors (Lipinski definition) is 2. The smallest absolute Gasteiger partial charge is 0.272 e. The molecule has 1 aromatic rings. The molecule has 0 saturated carbocycles. The van der Waals surface area contributed by atoms with Gasteiger partial charge in [0, 0.05) is 0 Å². The summed E-state index contributed by atoms with van der Waals surface area (Å²) in [5.74, 6) is 0.338. The van der Waals surface area contributed by atoms with E-state index >= 15 is 0 Å². The first-order valence-electron chi connectivity index (χ1n) is 3.62. The van der Waals surface area contributed by atoms with Gasteiger partial charge in [0.1, 0.15) is 17.5 Å². The highest BCUT2D eigenvalue weighted by Gasteiger charge is 2.06. The Kier molecular flexibility index (Phi) is 3.42. The number of rotatable bonds is 3. The number of aromatic nitrogens is 1. The number of nitrogens with zero attached hydrogens (tertiary/aromatic N) is 1. The minimum atomic E-state index is -2.48. The van der Waals surface area contributed by atoms with Crippen molar-refractivity contribution in [2.45, 2.75) is 13.3 Å². The first kappa shape index (κ1) is 10.2. The Bertz CT molecular complexity index is 293. The molecule has 0 N–H and O–H groups in total. The van der Waals surface area contributed by atoms with Crippen molar-refractivity contribution in [3.05, 3.63) is 23.0 Å². The average Bonchev–Trinajstić information content (AvgIpc) is 2.02. The van der Waals surface area contributed by atoms with Crippen molar-refractivity contribution >= 4 is 11.6 Å². The van der Waals surface area contributed by atoms with Crippen molar-refractivity contribution in [1.29, 1.82) is 0 Å². The molecule has 13 heavy (non-hydrogen) atoms. The third-order valence-electron chi connectivity index (χ3n) is 1.39. The average molecular weight is 208 g/mol. The summed E-state index contributed by atoms with van der Waals surface area (Å²) >= 11 is 5.56. The van der Waals surface area contributed by atoms with E-state index in [0.717, 1.165) is 0 Å². The molecule has 1 heterocycles. The Morgan fingerprint density at radius 1 is 1.62 bits per heavy atom. The van der Waals surface area contributed by atoms with Crippen LogP contribution < -0.4 is 4.74 Å². The summed E-state index contributed by atoms with van der Waals surface area (Å²) in [6.07, 6.45) is -1.14. The van der Waals surface area contributed by atoms with Crippen LogP contribution in [0.4, 0.5) is 8.78 Å². The molecule has 2 nitrogen and oxygen atoms in total. The lowest BCUT2D eigenvalue weighted by Crippen LogP contribution is -2.07. The number of hydrogen-bond donors (Lipinski definition) is 0. The molecular formula is C8H8ClF2NO. The van der Waals surface area contributed by atoms with Crippen LogP contribution in [0.2, 0.25) is 5.15 Å². The number of pyridine rings is 1. The van der Waals surface area contributed by atoms with Gasteiger partial charge >= 0.3 is 0 Å². The summed E-state index contributed by atoms with van der Waals surface area (Å²) in [6.45, 7) is 1.10. The standard InChI is InChI=1S/C8H8ClF2NO/c1-5-2-7(9)12-3-6(5)13-4-8(10)11/h2-3,8H,4H2,1H3. The predicted octanol–water partition coefficient (Wildman–Crippen LogP) is 2.69. The fraction of sp³-hybridized carbons (Fsp3) is 0.375. The van der Waals surface area contributed by atoms with Crippen LogP contribution in [0.15, 0.2) is 12.3 Å². The van der Waals surface area contributed by atoms with E-state index in [1.165, 1.54) is 6.20 Å². The molecule has 0 aliphatic heterocycles. The van der Waals surface area contributed by atoms with Crippen molar-refractivity contribution in [1.82, 2.24) is 4.98 Å². The second kappa shape index (κ2) is 4.37. The normalized spacial score (nSPS) is 10.5. The van der Waals surface area contributed by atoms with E-state index in [1.807, 2.05) is 0 Å². The molecule has 0 aromatic carbocycles. The molecule has 0 fully saturated rings. The van der Waals surface area contributed by atoms with Crippen LogP contribution in [0.5, 0.6) is 5.75 Å². The van der Waals surface area contributed by atoms with E-state index in [4.69, 9.17) is 16.3 Å². The lowest BCUT2D eigenvalue weighted by Gasteiger charge is -2.07. The van der Waals surface area contributed by atoms with Crippen molar-refractivity contribution in [2.75, 3.05) is 6.61 Å². The Hall–Kier alpha value is -0.900. The Balaban J connectivity index is 2.67. The molecule has 72 valence electrons. The van der Waals surface area contributed by atoms with E-state index in [-0.39, 0.29) is 0 Å². The Morgan fingerprint density at radius 3 is 2.85 bits per heavy atom. The van der Waals surface area contributed by atoms with E-state index < -0.39 is 13.0 Å². The first-order chi connectivity index (χ1) is 6.09. The van der Waals surface area contributed by atoms with E-state index in [2.05, 4.69) is 4.98 Å². The van der Waals surface area contributed by atoms with Gasteiger partial charge in [-0.3, -0.25) is 0 Å². The maximum atomic E-state index is 11.8. The molecule has 0 bridgehead atoms. The largest absolute Gasteiger partial charge is 0.486 e.